The highest BCUT2D eigenvalue weighted by molar-refractivity contribution is 7.89. The molecule has 26 heavy (non-hydrogen) atoms. The van der Waals surface area contributed by atoms with Gasteiger partial charge in [-0.1, -0.05) is 17.3 Å². The average molecular weight is 380 g/mol. The molecule has 1 amide bonds. The van der Waals surface area contributed by atoms with Crippen molar-refractivity contribution >= 4 is 15.9 Å². The summed E-state index contributed by atoms with van der Waals surface area (Å²) in [5.41, 5.74) is 1.56. The lowest BCUT2D eigenvalue weighted by atomic mass is 10.2. The minimum atomic E-state index is -3.59. The van der Waals surface area contributed by atoms with Gasteiger partial charge in [0, 0.05) is 25.9 Å². The fourth-order valence-corrected chi connectivity index (χ4v) is 3.75. The number of rotatable bonds is 9. The van der Waals surface area contributed by atoms with E-state index in [1.807, 2.05) is 13.0 Å². The van der Waals surface area contributed by atoms with E-state index in [9.17, 15) is 13.2 Å². The van der Waals surface area contributed by atoms with Crippen molar-refractivity contribution < 1.29 is 17.7 Å². The summed E-state index contributed by atoms with van der Waals surface area (Å²) in [6.07, 6.45) is 1.43. The maximum absolute atomic E-state index is 12.3. The number of aryl methyl sites for hydroxylation is 4. The number of carbonyl (C=O) groups is 1. The van der Waals surface area contributed by atoms with Crippen molar-refractivity contribution in [1.29, 1.82) is 0 Å². The summed E-state index contributed by atoms with van der Waals surface area (Å²) in [5.74, 6) is 0.935. The molecular formula is C17H24N4O4S. The smallest absolute Gasteiger partial charge is 0.240 e. The molecule has 0 radical (unpaired) electrons. The van der Waals surface area contributed by atoms with E-state index in [2.05, 4.69) is 20.2 Å². The van der Waals surface area contributed by atoms with Gasteiger partial charge in [0.2, 0.25) is 21.8 Å². The summed E-state index contributed by atoms with van der Waals surface area (Å²) in [7, 11) is -3.59. The SMILES string of the molecule is Cc1ccc(C)c(S(=O)(=O)NCCNC(=O)CCCc2nc(C)no2)c1. The first-order valence-electron chi connectivity index (χ1n) is 8.41. The Kier molecular flexibility index (Phi) is 6.87. The lowest BCUT2D eigenvalue weighted by Gasteiger charge is -2.10. The summed E-state index contributed by atoms with van der Waals surface area (Å²) >= 11 is 0. The number of nitrogens with one attached hydrogen (secondary N) is 2. The summed E-state index contributed by atoms with van der Waals surface area (Å²) in [5, 5.41) is 6.37. The van der Waals surface area contributed by atoms with Crippen LogP contribution in [0.4, 0.5) is 0 Å². The summed E-state index contributed by atoms with van der Waals surface area (Å²) in [6.45, 7) is 5.68. The quantitative estimate of drug-likeness (QED) is 0.636. The number of amides is 1. The van der Waals surface area contributed by atoms with E-state index in [1.165, 1.54) is 0 Å². The molecule has 0 aliphatic heterocycles. The van der Waals surface area contributed by atoms with Crippen molar-refractivity contribution in [2.24, 2.45) is 0 Å². The van der Waals surface area contributed by atoms with Crippen molar-refractivity contribution in [3.63, 3.8) is 0 Å². The number of sulfonamides is 1. The molecule has 142 valence electrons. The minimum Gasteiger partial charge on any atom is -0.355 e. The van der Waals surface area contributed by atoms with Crippen molar-refractivity contribution in [2.75, 3.05) is 13.1 Å². The Morgan fingerprint density at radius 2 is 1.96 bits per heavy atom. The second-order valence-corrected chi connectivity index (χ2v) is 7.84. The second kappa shape index (κ2) is 8.91. The lowest BCUT2D eigenvalue weighted by Crippen LogP contribution is -2.34. The molecule has 2 rings (SSSR count). The van der Waals surface area contributed by atoms with Gasteiger partial charge in [0.15, 0.2) is 5.82 Å². The van der Waals surface area contributed by atoms with Gasteiger partial charge in [0.25, 0.3) is 0 Å². The van der Waals surface area contributed by atoms with Gasteiger partial charge in [0.05, 0.1) is 4.90 Å². The maximum atomic E-state index is 12.3. The predicted octanol–water partition coefficient (Wildman–Crippen LogP) is 1.41. The highest BCUT2D eigenvalue weighted by atomic mass is 32.2. The Morgan fingerprint density at radius 3 is 2.65 bits per heavy atom. The van der Waals surface area contributed by atoms with Gasteiger partial charge in [0.1, 0.15) is 0 Å². The van der Waals surface area contributed by atoms with E-state index in [1.54, 1.807) is 26.0 Å². The van der Waals surface area contributed by atoms with Crippen LogP contribution in [-0.2, 0) is 21.2 Å². The first-order chi connectivity index (χ1) is 12.3. The maximum Gasteiger partial charge on any atom is 0.240 e. The normalized spacial score (nSPS) is 11.5. The van der Waals surface area contributed by atoms with Gasteiger partial charge in [-0.05, 0) is 44.4 Å². The van der Waals surface area contributed by atoms with Crippen LogP contribution in [0, 0.1) is 20.8 Å². The standard InChI is InChI=1S/C17H24N4O4S/c1-12-7-8-13(2)15(11-12)26(23,24)19-10-9-18-16(22)5-4-6-17-20-14(3)21-25-17/h7-8,11,19H,4-6,9-10H2,1-3H3,(H,18,22). The van der Waals surface area contributed by atoms with Crippen LogP contribution in [0.5, 0.6) is 0 Å². The van der Waals surface area contributed by atoms with Gasteiger partial charge < -0.3 is 9.84 Å². The van der Waals surface area contributed by atoms with Crippen LogP contribution in [0.2, 0.25) is 0 Å². The largest absolute Gasteiger partial charge is 0.355 e. The summed E-state index contributed by atoms with van der Waals surface area (Å²) < 4.78 is 32.1. The zero-order chi connectivity index (χ0) is 19.2. The van der Waals surface area contributed by atoms with Gasteiger partial charge in [-0.25, -0.2) is 13.1 Å². The second-order valence-electron chi connectivity index (χ2n) is 6.11. The van der Waals surface area contributed by atoms with Crippen LogP contribution < -0.4 is 10.0 Å². The molecule has 8 nitrogen and oxygen atoms in total. The Balaban J connectivity index is 1.70. The van der Waals surface area contributed by atoms with Crippen molar-refractivity contribution in [3.8, 4) is 0 Å². The molecule has 9 heteroatoms. The highest BCUT2D eigenvalue weighted by Crippen LogP contribution is 2.16. The average Bonchev–Trinajstić information content (AvgIpc) is 2.99. The molecule has 0 spiro atoms. The third kappa shape index (κ3) is 5.92. The van der Waals surface area contributed by atoms with Crippen LogP contribution >= 0.6 is 0 Å². The molecule has 2 aromatic rings. The van der Waals surface area contributed by atoms with E-state index >= 15 is 0 Å². The van der Waals surface area contributed by atoms with E-state index < -0.39 is 10.0 Å². The Morgan fingerprint density at radius 1 is 1.19 bits per heavy atom. The van der Waals surface area contributed by atoms with Crippen LogP contribution in [-0.4, -0.2) is 37.6 Å². The monoisotopic (exact) mass is 380 g/mol. The fraction of sp³-hybridized carbons (Fsp3) is 0.471. The van der Waals surface area contributed by atoms with Gasteiger partial charge in [-0.15, -0.1) is 0 Å². The molecule has 1 heterocycles. The van der Waals surface area contributed by atoms with Crippen molar-refractivity contribution in [1.82, 2.24) is 20.2 Å². The molecule has 0 aliphatic carbocycles. The van der Waals surface area contributed by atoms with Crippen LogP contribution in [0.25, 0.3) is 0 Å². The number of nitrogens with zero attached hydrogens (tertiary/aromatic N) is 2. The molecule has 0 bridgehead atoms. The molecule has 2 N–H and O–H groups in total. The Labute approximate surface area is 153 Å². The van der Waals surface area contributed by atoms with Crippen LogP contribution in [0.1, 0.15) is 35.7 Å². The third-order valence-electron chi connectivity index (χ3n) is 3.74. The van der Waals surface area contributed by atoms with Crippen molar-refractivity contribution in [3.05, 3.63) is 41.0 Å². The van der Waals surface area contributed by atoms with Gasteiger partial charge >= 0.3 is 0 Å². The molecule has 1 aromatic carbocycles. The van der Waals surface area contributed by atoms with Crippen LogP contribution in [0.15, 0.2) is 27.6 Å². The minimum absolute atomic E-state index is 0.129. The number of hydrogen-bond donors (Lipinski definition) is 2. The zero-order valence-corrected chi connectivity index (χ0v) is 16.0. The van der Waals surface area contributed by atoms with E-state index in [-0.39, 0.29) is 23.9 Å². The predicted molar refractivity (Wildman–Crippen MR) is 96.1 cm³/mol. The van der Waals surface area contributed by atoms with Gasteiger partial charge in [-0.3, -0.25) is 4.79 Å². The molecule has 0 atom stereocenters. The third-order valence-corrected chi connectivity index (χ3v) is 5.34. The number of benzene rings is 1. The number of hydrogen-bond acceptors (Lipinski definition) is 6. The van der Waals surface area contributed by atoms with Gasteiger partial charge in [-0.2, -0.15) is 4.98 Å². The Bertz CT molecular complexity index is 861. The van der Waals surface area contributed by atoms with Crippen LogP contribution in [0.3, 0.4) is 0 Å². The molecular weight excluding hydrogens is 356 g/mol. The first kappa shape index (κ1) is 20.1. The van der Waals surface area contributed by atoms with Crippen molar-refractivity contribution in [2.45, 2.75) is 44.9 Å². The molecule has 0 saturated carbocycles. The summed E-state index contributed by atoms with van der Waals surface area (Å²) in [6, 6.07) is 5.27. The first-order valence-corrected chi connectivity index (χ1v) is 9.89. The molecule has 0 aliphatic rings. The lowest BCUT2D eigenvalue weighted by molar-refractivity contribution is -0.121. The number of carbonyl (C=O) groups excluding carboxylic acids is 1. The zero-order valence-electron chi connectivity index (χ0n) is 15.2. The number of aromatic nitrogens is 2. The molecule has 0 fully saturated rings. The fourth-order valence-electron chi connectivity index (χ4n) is 2.39. The van der Waals surface area contributed by atoms with E-state index in [4.69, 9.17) is 4.52 Å². The molecule has 0 saturated heterocycles. The molecule has 1 aromatic heterocycles. The Hall–Kier alpha value is -2.26. The van der Waals surface area contributed by atoms with E-state index in [0.29, 0.717) is 36.5 Å². The topological polar surface area (TPSA) is 114 Å². The molecule has 0 unspecified atom stereocenters. The summed E-state index contributed by atoms with van der Waals surface area (Å²) in [4.78, 5) is 16.1. The highest BCUT2D eigenvalue weighted by Gasteiger charge is 2.16. The van der Waals surface area contributed by atoms with E-state index in [0.717, 1.165) is 5.56 Å².